The lowest BCUT2D eigenvalue weighted by Gasteiger charge is -2.22. The minimum absolute atomic E-state index is 0.102. The highest BCUT2D eigenvalue weighted by Gasteiger charge is 2.38. The number of carbonyl (C=O) groups excluding carboxylic acids is 1. The Morgan fingerprint density at radius 2 is 2.28 bits per heavy atom. The molecule has 0 radical (unpaired) electrons. The molecule has 2 unspecified atom stereocenters. The molecule has 1 amide bonds. The van der Waals surface area contributed by atoms with Crippen LogP contribution in [-0.2, 0) is 4.79 Å². The average molecular weight is 246 g/mol. The predicted octanol–water partition coefficient (Wildman–Crippen LogP) is 1.18. The van der Waals surface area contributed by atoms with E-state index in [1.807, 2.05) is 24.3 Å². The predicted molar refractivity (Wildman–Crippen MR) is 69.5 cm³/mol. The van der Waals surface area contributed by atoms with Crippen LogP contribution in [0.4, 0.5) is 5.69 Å². The van der Waals surface area contributed by atoms with E-state index in [-0.39, 0.29) is 11.8 Å². The van der Waals surface area contributed by atoms with Gasteiger partial charge in [0.05, 0.1) is 11.5 Å². The van der Waals surface area contributed by atoms with Crippen molar-refractivity contribution in [1.29, 1.82) is 0 Å². The molecular weight excluding hydrogens is 228 g/mol. The third-order valence-corrected chi connectivity index (χ3v) is 3.89. The molecule has 0 aromatic heterocycles. The summed E-state index contributed by atoms with van der Waals surface area (Å²) in [6, 6.07) is 7.94. The Bertz CT molecular complexity index is 484. The molecule has 4 heteroatoms. The highest BCUT2D eigenvalue weighted by atomic mass is 16.3. The average Bonchev–Trinajstić information content (AvgIpc) is 2.91. The van der Waals surface area contributed by atoms with Crippen molar-refractivity contribution in [3.8, 4) is 0 Å². The highest BCUT2D eigenvalue weighted by Crippen LogP contribution is 2.33. The molecule has 0 saturated carbocycles. The number of rotatable bonds is 1. The van der Waals surface area contributed by atoms with Gasteiger partial charge in [0.25, 0.3) is 0 Å². The number of benzene rings is 1. The standard InChI is InChI=1S/C14H18N2O2/c1-14(18)6-7-16(9-14)13(17)11-8-15-12-5-3-2-4-10(11)12/h2-5,11,15,18H,6-9H2,1H3. The Kier molecular flexibility index (Phi) is 2.55. The van der Waals surface area contributed by atoms with E-state index in [0.717, 1.165) is 11.3 Å². The Morgan fingerprint density at radius 1 is 1.50 bits per heavy atom. The molecule has 96 valence electrons. The monoisotopic (exact) mass is 246 g/mol. The fourth-order valence-electron chi connectivity index (χ4n) is 2.86. The van der Waals surface area contributed by atoms with E-state index in [1.54, 1.807) is 11.8 Å². The molecule has 0 spiro atoms. The van der Waals surface area contributed by atoms with E-state index >= 15 is 0 Å². The van der Waals surface area contributed by atoms with Gasteiger partial charge in [-0.15, -0.1) is 0 Å². The van der Waals surface area contributed by atoms with Crippen LogP contribution in [0.2, 0.25) is 0 Å². The number of fused-ring (bicyclic) bond motifs is 1. The van der Waals surface area contributed by atoms with E-state index in [2.05, 4.69) is 5.32 Å². The maximum absolute atomic E-state index is 12.5. The number of nitrogens with zero attached hydrogens (tertiary/aromatic N) is 1. The Hall–Kier alpha value is -1.55. The fraction of sp³-hybridized carbons (Fsp3) is 0.500. The van der Waals surface area contributed by atoms with E-state index < -0.39 is 5.60 Å². The van der Waals surface area contributed by atoms with E-state index in [9.17, 15) is 9.90 Å². The second-order valence-electron chi connectivity index (χ2n) is 5.53. The minimum Gasteiger partial charge on any atom is -0.388 e. The zero-order chi connectivity index (χ0) is 12.8. The number of carbonyl (C=O) groups is 1. The first kappa shape index (κ1) is 11.5. The van der Waals surface area contributed by atoms with Crippen LogP contribution >= 0.6 is 0 Å². The maximum atomic E-state index is 12.5. The Morgan fingerprint density at radius 3 is 3.00 bits per heavy atom. The van der Waals surface area contributed by atoms with Crippen LogP contribution in [-0.4, -0.2) is 41.1 Å². The van der Waals surface area contributed by atoms with Crippen LogP contribution in [0.25, 0.3) is 0 Å². The molecule has 2 N–H and O–H groups in total. The fourth-order valence-corrected chi connectivity index (χ4v) is 2.86. The van der Waals surface area contributed by atoms with Crippen molar-refractivity contribution in [2.75, 3.05) is 25.0 Å². The molecular formula is C14H18N2O2. The molecule has 1 aromatic rings. The lowest BCUT2D eigenvalue weighted by Crippen LogP contribution is -2.37. The maximum Gasteiger partial charge on any atom is 0.232 e. The van der Waals surface area contributed by atoms with Crippen LogP contribution in [0.5, 0.6) is 0 Å². The summed E-state index contributed by atoms with van der Waals surface area (Å²) in [5, 5.41) is 13.2. The van der Waals surface area contributed by atoms with Crippen LogP contribution < -0.4 is 5.32 Å². The summed E-state index contributed by atoms with van der Waals surface area (Å²) in [7, 11) is 0. The lowest BCUT2D eigenvalue weighted by atomic mass is 10.00. The molecule has 2 aliphatic rings. The van der Waals surface area contributed by atoms with Gasteiger partial charge in [0.2, 0.25) is 5.91 Å². The van der Waals surface area contributed by atoms with E-state index in [0.29, 0.717) is 26.1 Å². The van der Waals surface area contributed by atoms with Gasteiger partial charge in [-0.3, -0.25) is 4.79 Å². The van der Waals surface area contributed by atoms with Crippen molar-refractivity contribution in [2.24, 2.45) is 0 Å². The molecule has 0 aliphatic carbocycles. The van der Waals surface area contributed by atoms with Crippen LogP contribution in [0.3, 0.4) is 0 Å². The number of β-amino-alcohol motifs (C(OH)–C–C–N with tert-alkyl or cyclic N) is 1. The van der Waals surface area contributed by atoms with Crippen molar-refractivity contribution in [3.05, 3.63) is 29.8 Å². The molecule has 1 saturated heterocycles. The second-order valence-corrected chi connectivity index (χ2v) is 5.53. The molecule has 2 aliphatic heterocycles. The summed E-state index contributed by atoms with van der Waals surface area (Å²) in [4.78, 5) is 14.3. The molecule has 1 fully saturated rings. The second kappa shape index (κ2) is 3.99. The van der Waals surface area contributed by atoms with Crippen LogP contribution in [0.15, 0.2) is 24.3 Å². The molecule has 4 nitrogen and oxygen atoms in total. The number of aliphatic hydroxyl groups is 1. The number of hydrogen-bond donors (Lipinski definition) is 2. The first-order valence-electron chi connectivity index (χ1n) is 6.41. The zero-order valence-corrected chi connectivity index (χ0v) is 10.5. The third kappa shape index (κ3) is 1.86. The SMILES string of the molecule is CC1(O)CCN(C(=O)C2CNc3ccccc32)C1. The summed E-state index contributed by atoms with van der Waals surface area (Å²) < 4.78 is 0. The molecule has 18 heavy (non-hydrogen) atoms. The first-order chi connectivity index (χ1) is 8.57. The highest BCUT2D eigenvalue weighted by molar-refractivity contribution is 5.88. The van der Waals surface area contributed by atoms with Crippen LogP contribution in [0.1, 0.15) is 24.8 Å². The number of para-hydroxylation sites is 1. The van der Waals surface area contributed by atoms with Gasteiger partial charge < -0.3 is 15.3 Å². The Labute approximate surface area is 107 Å². The zero-order valence-electron chi connectivity index (χ0n) is 10.5. The van der Waals surface area contributed by atoms with Crippen molar-refractivity contribution >= 4 is 11.6 Å². The quantitative estimate of drug-likeness (QED) is 0.782. The van der Waals surface area contributed by atoms with Gasteiger partial charge in [-0.2, -0.15) is 0 Å². The molecule has 2 atom stereocenters. The summed E-state index contributed by atoms with van der Waals surface area (Å²) in [5.74, 6) is 0.0281. The summed E-state index contributed by atoms with van der Waals surface area (Å²) in [6.07, 6.45) is 0.667. The normalized spacial score (nSPS) is 30.1. The van der Waals surface area contributed by atoms with Gasteiger partial charge in [0.15, 0.2) is 0 Å². The topological polar surface area (TPSA) is 52.6 Å². The molecule has 0 bridgehead atoms. The van der Waals surface area contributed by atoms with Gasteiger partial charge in [0.1, 0.15) is 0 Å². The smallest absolute Gasteiger partial charge is 0.232 e. The van der Waals surface area contributed by atoms with E-state index in [4.69, 9.17) is 0 Å². The van der Waals surface area contributed by atoms with Gasteiger partial charge in [-0.1, -0.05) is 18.2 Å². The minimum atomic E-state index is -0.721. The summed E-state index contributed by atoms with van der Waals surface area (Å²) >= 11 is 0. The number of anilines is 1. The molecule has 3 rings (SSSR count). The third-order valence-electron chi connectivity index (χ3n) is 3.89. The summed E-state index contributed by atoms with van der Waals surface area (Å²) in [6.45, 7) is 3.56. The lowest BCUT2D eigenvalue weighted by molar-refractivity contribution is -0.132. The number of hydrogen-bond acceptors (Lipinski definition) is 3. The van der Waals surface area contributed by atoms with Crippen LogP contribution in [0, 0.1) is 0 Å². The van der Waals surface area contributed by atoms with Crippen molar-refractivity contribution in [2.45, 2.75) is 24.9 Å². The largest absolute Gasteiger partial charge is 0.388 e. The van der Waals surface area contributed by atoms with Crippen molar-refractivity contribution in [3.63, 3.8) is 0 Å². The van der Waals surface area contributed by atoms with E-state index in [1.165, 1.54) is 0 Å². The van der Waals surface area contributed by atoms with Gasteiger partial charge in [-0.05, 0) is 25.0 Å². The van der Waals surface area contributed by atoms with Gasteiger partial charge in [-0.25, -0.2) is 0 Å². The Balaban J connectivity index is 1.79. The molecule has 1 aromatic carbocycles. The first-order valence-corrected chi connectivity index (χ1v) is 6.41. The van der Waals surface area contributed by atoms with Crippen molar-refractivity contribution < 1.29 is 9.90 Å². The van der Waals surface area contributed by atoms with Crippen molar-refractivity contribution in [1.82, 2.24) is 4.90 Å². The van der Waals surface area contributed by atoms with Gasteiger partial charge >= 0.3 is 0 Å². The number of nitrogens with one attached hydrogen (secondary N) is 1. The molecule has 2 heterocycles. The number of amides is 1. The number of likely N-dealkylation sites (tertiary alicyclic amines) is 1. The van der Waals surface area contributed by atoms with Gasteiger partial charge in [0, 0.05) is 25.3 Å². The summed E-state index contributed by atoms with van der Waals surface area (Å²) in [5.41, 5.74) is 1.41.